The van der Waals surface area contributed by atoms with Crippen LogP contribution in [-0.2, 0) is 4.79 Å². The summed E-state index contributed by atoms with van der Waals surface area (Å²) in [7, 11) is 0. The Kier molecular flexibility index (Phi) is 5.06. The zero-order valence-corrected chi connectivity index (χ0v) is 11.4. The Morgan fingerprint density at radius 1 is 1.19 bits per heavy atom. The monoisotopic (exact) mass is 246 g/mol. The molecule has 0 radical (unpaired) electrons. The van der Waals surface area contributed by atoms with Crippen LogP contribution in [0.15, 0.2) is 0 Å². The van der Waals surface area contributed by atoms with Crippen molar-refractivity contribution in [2.75, 3.05) is 38.6 Å². The molecule has 0 aromatic carbocycles. The Morgan fingerprint density at radius 3 is 2.44 bits per heavy atom. The van der Waals surface area contributed by atoms with Crippen molar-refractivity contribution in [1.82, 2.24) is 9.80 Å². The minimum atomic E-state index is -0.262. The molecule has 0 bridgehead atoms. The fraction of sp³-hybridized carbons (Fsp3) is 0.917. The van der Waals surface area contributed by atoms with Crippen LogP contribution < -0.4 is 0 Å². The molecule has 0 atom stereocenters. The van der Waals surface area contributed by atoms with Gasteiger partial charge in [-0.25, -0.2) is 0 Å². The maximum absolute atomic E-state index is 12.1. The maximum Gasteiger partial charge on any atom is 0.227 e. The largest absolute Gasteiger partial charge is 0.341 e. The highest BCUT2D eigenvalue weighted by Gasteiger charge is 2.28. The highest BCUT2D eigenvalue weighted by atomic mass is 35.5. The van der Waals surface area contributed by atoms with E-state index in [2.05, 4.69) is 4.90 Å². The van der Waals surface area contributed by atoms with Crippen LogP contribution in [-0.4, -0.2) is 54.3 Å². The third-order valence-electron chi connectivity index (χ3n) is 2.92. The van der Waals surface area contributed by atoms with Crippen molar-refractivity contribution in [3.8, 4) is 0 Å². The fourth-order valence-electron chi connectivity index (χ4n) is 1.99. The van der Waals surface area contributed by atoms with Crippen molar-refractivity contribution in [1.29, 1.82) is 0 Å². The molecule has 1 amide bonds. The Hall–Kier alpha value is -0.280. The molecular weight excluding hydrogens is 224 g/mol. The second-order valence-corrected chi connectivity index (χ2v) is 5.80. The minimum absolute atomic E-state index is 0.262. The predicted octanol–water partition coefficient (Wildman–Crippen LogP) is 1.81. The lowest BCUT2D eigenvalue weighted by Gasteiger charge is -2.28. The first-order valence-electron chi connectivity index (χ1n) is 6.03. The van der Waals surface area contributed by atoms with Crippen LogP contribution in [0.25, 0.3) is 0 Å². The Morgan fingerprint density at radius 2 is 1.88 bits per heavy atom. The molecule has 0 aromatic rings. The van der Waals surface area contributed by atoms with Gasteiger partial charge in [0.15, 0.2) is 0 Å². The summed E-state index contributed by atoms with van der Waals surface area (Å²) in [5, 5.41) is 0. The molecular formula is C12H23ClN2O. The molecule has 16 heavy (non-hydrogen) atoms. The SMILES string of the molecule is CC(C)(C)C(=O)N1CCCN(CCCl)CC1. The van der Waals surface area contributed by atoms with Crippen LogP contribution >= 0.6 is 11.6 Å². The summed E-state index contributed by atoms with van der Waals surface area (Å²) < 4.78 is 0. The van der Waals surface area contributed by atoms with Crippen LogP contribution in [0.3, 0.4) is 0 Å². The Bertz CT molecular complexity index is 238. The van der Waals surface area contributed by atoms with Gasteiger partial charge in [-0.15, -0.1) is 11.6 Å². The Labute approximate surface area is 104 Å². The van der Waals surface area contributed by atoms with Crippen LogP contribution in [0, 0.1) is 5.41 Å². The highest BCUT2D eigenvalue weighted by molar-refractivity contribution is 6.18. The highest BCUT2D eigenvalue weighted by Crippen LogP contribution is 2.18. The van der Waals surface area contributed by atoms with E-state index in [1.165, 1.54) is 0 Å². The molecule has 1 saturated heterocycles. The van der Waals surface area contributed by atoms with E-state index < -0.39 is 0 Å². The van der Waals surface area contributed by atoms with Gasteiger partial charge < -0.3 is 9.80 Å². The summed E-state index contributed by atoms with van der Waals surface area (Å²) in [6, 6.07) is 0. The van der Waals surface area contributed by atoms with Gasteiger partial charge in [0.05, 0.1) is 0 Å². The first-order valence-corrected chi connectivity index (χ1v) is 6.56. The summed E-state index contributed by atoms with van der Waals surface area (Å²) in [6.07, 6.45) is 1.05. The van der Waals surface area contributed by atoms with E-state index in [4.69, 9.17) is 11.6 Å². The van der Waals surface area contributed by atoms with Gasteiger partial charge in [-0.3, -0.25) is 4.79 Å². The summed E-state index contributed by atoms with van der Waals surface area (Å²) in [5.41, 5.74) is -0.262. The van der Waals surface area contributed by atoms with E-state index >= 15 is 0 Å². The van der Waals surface area contributed by atoms with Crippen molar-refractivity contribution in [3.63, 3.8) is 0 Å². The lowest BCUT2D eigenvalue weighted by atomic mass is 9.94. The molecule has 3 nitrogen and oxygen atoms in total. The molecule has 1 aliphatic heterocycles. The topological polar surface area (TPSA) is 23.6 Å². The predicted molar refractivity (Wildman–Crippen MR) is 67.8 cm³/mol. The number of carbonyl (C=O) groups is 1. The molecule has 1 fully saturated rings. The van der Waals surface area contributed by atoms with Crippen LogP contribution in [0.1, 0.15) is 27.2 Å². The average Bonchev–Trinajstić information content (AvgIpc) is 2.41. The van der Waals surface area contributed by atoms with E-state index in [0.717, 1.165) is 39.1 Å². The van der Waals surface area contributed by atoms with Crippen molar-refractivity contribution >= 4 is 17.5 Å². The molecule has 94 valence electrons. The standard InChI is InChI=1S/C12H23ClN2O/c1-12(2,3)11(16)15-7-4-6-14(8-5-13)9-10-15/h4-10H2,1-3H3. The number of halogens is 1. The van der Waals surface area contributed by atoms with E-state index in [-0.39, 0.29) is 11.3 Å². The molecule has 0 aliphatic carbocycles. The number of amides is 1. The molecule has 1 heterocycles. The van der Waals surface area contributed by atoms with Crippen molar-refractivity contribution in [2.24, 2.45) is 5.41 Å². The van der Waals surface area contributed by atoms with Crippen LogP contribution in [0.4, 0.5) is 0 Å². The third kappa shape index (κ3) is 3.95. The van der Waals surface area contributed by atoms with Crippen molar-refractivity contribution in [2.45, 2.75) is 27.2 Å². The van der Waals surface area contributed by atoms with Gasteiger partial charge in [-0.05, 0) is 13.0 Å². The molecule has 0 unspecified atom stereocenters. The maximum atomic E-state index is 12.1. The number of rotatable bonds is 2. The quantitative estimate of drug-likeness (QED) is 0.694. The van der Waals surface area contributed by atoms with Crippen molar-refractivity contribution in [3.05, 3.63) is 0 Å². The molecule has 0 aromatic heterocycles. The van der Waals surface area contributed by atoms with Gasteiger partial charge >= 0.3 is 0 Å². The van der Waals surface area contributed by atoms with Gasteiger partial charge in [0.2, 0.25) is 5.91 Å². The number of carbonyl (C=O) groups excluding carboxylic acids is 1. The lowest BCUT2D eigenvalue weighted by molar-refractivity contribution is -0.139. The average molecular weight is 247 g/mol. The van der Waals surface area contributed by atoms with Crippen LogP contribution in [0.5, 0.6) is 0 Å². The van der Waals surface area contributed by atoms with Gasteiger partial charge in [0.25, 0.3) is 0 Å². The van der Waals surface area contributed by atoms with Crippen molar-refractivity contribution < 1.29 is 4.79 Å². The minimum Gasteiger partial charge on any atom is -0.341 e. The molecule has 1 aliphatic rings. The second-order valence-electron chi connectivity index (χ2n) is 5.43. The molecule has 4 heteroatoms. The van der Waals surface area contributed by atoms with Gasteiger partial charge in [0, 0.05) is 37.5 Å². The first-order chi connectivity index (χ1) is 7.45. The molecule has 0 saturated carbocycles. The fourth-order valence-corrected chi connectivity index (χ4v) is 2.23. The van der Waals surface area contributed by atoms with E-state index in [0.29, 0.717) is 5.88 Å². The smallest absolute Gasteiger partial charge is 0.227 e. The number of alkyl halides is 1. The molecule has 0 spiro atoms. The number of hydrogen-bond acceptors (Lipinski definition) is 2. The van der Waals surface area contributed by atoms with E-state index in [1.54, 1.807) is 0 Å². The first kappa shape index (κ1) is 13.8. The third-order valence-corrected chi connectivity index (χ3v) is 3.09. The summed E-state index contributed by atoms with van der Waals surface area (Å²) >= 11 is 5.74. The summed E-state index contributed by atoms with van der Waals surface area (Å²) in [5.74, 6) is 0.938. The second kappa shape index (κ2) is 5.87. The van der Waals surface area contributed by atoms with Crippen LogP contribution in [0.2, 0.25) is 0 Å². The Balaban J connectivity index is 2.50. The molecule has 0 N–H and O–H groups in total. The summed E-state index contributed by atoms with van der Waals surface area (Å²) in [4.78, 5) is 16.4. The van der Waals surface area contributed by atoms with Gasteiger partial charge in [0.1, 0.15) is 0 Å². The number of hydrogen-bond donors (Lipinski definition) is 0. The molecule has 1 rings (SSSR count). The zero-order chi connectivity index (χ0) is 12.2. The van der Waals surface area contributed by atoms with Gasteiger partial charge in [-0.1, -0.05) is 20.8 Å². The van der Waals surface area contributed by atoms with E-state index in [1.807, 2.05) is 25.7 Å². The summed E-state index contributed by atoms with van der Waals surface area (Å²) in [6.45, 7) is 10.6. The zero-order valence-electron chi connectivity index (χ0n) is 10.6. The normalized spacial score (nSPS) is 19.6. The van der Waals surface area contributed by atoms with E-state index in [9.17, 15) is 4.79 Å². The van der Waals surface area contributed by atoms with Gasteiger partial charge in [-0.2, -0.15) is 0 Å². The lowest BCUT2D eigenvalue weighted by Crippen LogP contribution is -2.41. The number of nitrogens with zero attached hydrogens (tertiary/aromatic N) is 2.